The third-order valence-electron chi connectivity index (χ3n) is 5.17. The fraction of sp³-hybridized carbons (Fsp3) is 0.120. The lowest BCUT2D eigenvalue weighted by Crippen LogP contribution is -2.23. The van der Waals surface area contributed by atoms with Crippen molar-refractivity contribution in [3.8, 4) is 0 Å². The van der Waals surface area contributed by atoms with Gasteiger partial charge in [-0.15, -0.1) is 11.3 Å². The summed E-state index contributed by atoms with van der Waals surface area (Å²) in [6.45, 7) is 2.01. The molecule has 2 amide bonds. The summed E-state index contributed by atoms with van der Waals surface area (Å²) in [6, 6.07) is 10.1. The van der Waals surface area contributed by atoms with Crippen LogP contribution in [-0.2, 0) is 12.7 Å². The Morgan fingerprint density at radius 1 is 0.973 bits per heavy atom. The molecule has 0 saturated carbocycles. The number of pyridine rings is 1. The number of hydrogen-bond acceptors (Lipinski definition) is 6. The van der Waals surface area contributed by atoms with Gasteiger partial charge in [0.15, 0.2) is 5.82 Å². The normalized spacial score (nSPS) is 11.2. The second-order valence-electron chi connectivity index (χ2n) is 7.85. The summed E-state index contributed by atoms with van der Waals surface area (Å²) >= 11 is 1.36. The van der Waals surface area contributed by atoms with Gasteiger partial charge < -0.3 is 16.0 Å². The number of carbonyl (C=O) groups is 2. The van der Waals surface area contributed by atoms with Crippen molar-refractivity contribution in [3.05, 3.63) is 99.4 Å². The molecule has 4 aromatic rings. The highest BCUT2D eigenvalue weighted by Crippen LogP contribution is 2.31. The Morgan fingerprint density at radius 3 is 2.46 bits per heavy atom. The summed E-state index contributed by atoms with van der Waals surface area (Å²) < 4.78 is 53.3. The van der Waals surface area contributed by atoms with Crippen LogP contribution in [0.25, 0.3) is 0 Å². The molecule has 0 aliphatic carbocycles. The van der Waals surface area contributed by atoms with Crippen LogP contribution in [0.1, 0.15) is 36.9 Å². The minimum atomic E-state index is -4.84. The number of carbonyl (C=O) groups excluding carboxylic acids is 2. The number of anilines is 3. The van der Waals surface area contributed by atoms with Crippen LogP contribution in [-0.4, -0.2) is 21.8 Å². The summed E-state index contributed by atoms with van der Waals surface area (Å²) in [6.07, 6.45) is -1.95. The van der Waals surface area contributed by atoms with Crippen LogP contribution in [0, 0.1) is 12.7 Å². The van der Waals surface area contributed by atoms with Crippen LogP contribution < -0.4 is 16.0 Å². The van der Waals surface area contributed by atoms with E-state index in [2.05, 4.69) is 25.9 Å². The molecule has 0 saturated heterocycles. The van der Waals surface area contributed by atoms with E-state index in [0.717, 1.165) is 5.56 Å². The first-order chi connectivity index (χ1) is 17.6. The SMILES string of the molecule is Cc1ccccc1Nc1ncc(C(=O)NCc2nccs2)cc1NC(=O)c1cc(F)cc(C(F)(F)F)c1. The number of alkyl halides is 3. The molecule has 4 rings (SSSR count). The van der Waals surface area contributed by atoms with E-state index in [0.29, 0.717) is 28.9 Å². The molecular weight excluding hydrogens is 510 g/mol. The lowest BCUT2D eigenvalue weighted by atomic mass is 10.1. The van der Waals surface area contributed by atoms with Crippen LogP contribution in [0.5, 0.6) is 0 Å². The van der Waals surface area contributed by atoms with Crippen molar-refractivity contribution >= 4 is 40.3 Å². The minimum absolute atomic E-state index is 0.00738. The molecule has 0 fully saturated rings. The molecule has 37 heavy (non-hydrogen) atoms. The molecule has 190 valence electrons. The summed E-state index contributed by atoms with van der Waals surface area (Å²) in [4.78, 5) is 33.9. The quantitative estimate of drug-likeness (QED) is 0.258. The maximum Gasteiger partial charge on any atom is 0.416 e. The Kier molecular flexibility index (Phi) is 7.48. The van der Waals surface area contributed by atoms with E-state index < -0.39 is 34.9 Å². The molecule has 0 bridgehead atoms. The van der Waals surface area contributed by atoms with Gasteiger partial charge in [-0.2, -0.15) is 13.2 Å². The molecule has 12 heteroatoms. The molecular formula is C25H19F4N5O2S. The van der Waals surface area contributed by atoms with Gasteiger partial charge >= 0.3 is 6.18 Å². The van der Waals surface area contributed by atoms with Crippen molar-refractivity contribution < 1.29 is 27.2 Å². The van der Waals surface area contributed by atoms with Gasteiger partial charge in [-0.25, -0.2) is 14.4 Å². The van der Waals surface area contributed by atoms with Crippen molar-refractivity contribution in [2.24, 2.45) is 0 Å². The number of nitrogens with one attached hydrogen (secondary N) is 3. The zero-order valence-corrected chi connectivity index (χ0v) is 20.0. The average molecular weight is 530 g/mol. The van der Waals surface area contributed by atoms with E-state index in [1.807, 2.05) is 19.1 Å². The van der Waals surface area contributed by atoms with Crippen LogP contribution in [0.2, 0.25) is 0 Å². The maximum absolute atomic E-state index is 13.9. The van der Waals surface area contributed by atoms with Crippen molar-refractivity contribution in [1.29, 1.82) is 0 Å². The van der Waals surface area contributed by atoms with Crippen LogP contribution in [0.3, 0.4) is 0 Å². The van der Waals surface area contributed by atoms with E-state index >= 15 is 0 Å². The van der Waals surface area contributed by atoms with Gasteiger partial charge in [-0.3, -0.25) is 9.59 Å². The maximum atomic E-state index is 13.9. The Balaban J connectivity index is 1.65. The zero-order chi connectivity index (χ0) is 26.6. The van der Waals surface area contributed by atoms with Crippen LogP contribution in [0.4, 0.5) is 34.8 Å². The molecule has 2 aromatic carbocycles. The highest BCUT2D eigenvalue weighted by molar-refractivity contribution is 7.09. The largest absolute Gasteiger partial charge is 0.416 e. The predicted octanol–water partition coefficient (Wildman–Crippen LogP) is 5.93. The van der Waals surface area contributed by atoms with Crippen LogP contribution in [0.15, 0.2) is 66.3 Å². The number of aryl methyl sites for hydroxylation is 1. The lowest BCUT2D eigenvalue weighted by Gasteiger charge is -2.15. The average Bonchev–Trinajstić information content (AvgIpc) is 3.37. The highest BCUT2D eigenvalue weighted by atomic mass is 32.1. The van der Waals surface area contributed by atoms with E-state index in [-0.39, 0.29) is 23.6 Å². The molecule has 2 aromatic heterocycles. The monoisotopic (exact) mass is 529 g/mol. The van der Waals surface area contributed by atoms with Crippen molar-refractivity contribution in [1.82, 2.24) is 15.3 Å². The second kappa shape index (κ2) is 10.7. The van der Waals surface area contributed by atoms with E-state index in [1.165, 1.54) is 23.6 Å². The van der Waals surface area contributed by atoms with Crippen molar-refractivity contribution in [3.63, 3.8) is 0 Å². The molecule has 7 nitrogen and oxygen atoms in total. The number of benzene rings is 2. The number of para-hydroxylation sites is 1. The molecule has 3 N–H and O–H groups in total. The molecule has 0 aliphatic rings. The van der Waals surface area contributed by atoms with Gasteiger partial charge in [-0.1, -0.05) is 18.2 Å². The third kappa shape index (κ3) is 6.47. The number of amides is 2. The predicted molar refractivity (Wildman–Crippen MR) is 131 cm³/mol. The van der Waals surface area contributed by atoms with Crippen LogP contribution >= 0.6 is 11.3 Å². The van der Waals surface area contributed by atoms with Gasteiger partial charge in [0.1, 0.15) is 10.8 Å². The van der Waals surface area contributed by atoms with Gasteiger partial charge in [0.05, 0.1) is 23.4 Å². The zero-order valence-electron chi connectivity index (χ0n) is 19.2. The lowest BCUT2D eigenvalue weighted by molar-refractivity contribution is -0.137. The number of nitrogens with zero attached hydrogens (tertiary/aromatic N) is 2. The molecule has 0 unspecified atom stereocenters. The number of hydrogen-bond donors (Lipinski definition) is 3. The summed E-state index contributed by atoms with van der Waals surface area (Å²) in [5.41, 5.74) is -0.258. The number of thiazole rings is 1. The Hall–Kier alpha value is -4.32. The van der Waals surface area contributed by atoms with Gasteiger partial charge in [0, 0.05) is 29.0 Å². The van der Waals surface area contributed by atoms with Gasteiger partial charge in [-0.05, 0) is 42.8 Å². The summed E-state index contributed by atoms with van der Waals surface area (Å²) in [7, 11) is 0. The van der Waals surface area contributed by atoms with E-state index in [1.54, 1.807) is 23.7 Å². The molecule has 0 aliphatic heterocycles. The van der Waals surface area contributed by atoms with Crippen molar-refractivity contribution in [2.75, 3.05) is 10.6 Å². The highest BCUT2D eigenvalue weighted by Gasteiger charge is 2.32. The first-order valence-corrected chi connectivity index (χ1v) is 11.7. The van der Waals surface area contributed by atoms with E-state index in [9.17, 15) is 27.2 Å². The molecule has 0 atom stereocenters. The molecule has 0 spiro atoms. The van der Waals surface area contributed by atoms with Gasteiger partial charge in [0.25, 0.3) is 11.8 Å². The molecule has 0 radical (unpaired) electrons. The topological polar surface area (TPSA) is 96.0 Å². The number of rotatable bonds is 7. The first-order valence-electron chi connectivity index (χ1n) is 10.8. The standard InChI is InChI=1S/C25H19F4N5O2S/c1-14-4-2-3-5-19(14)33-22-20(10-16(12-31-22)23(35)32-13-21-30-6-7-37-21)34-24(36)15-8-17(25(27,28)29)11-18(26)9-15/h2-12H,13H2,1H3,(H,31,33)(H,32,35)(H,34,36). The minimum Gasteiger partial charge on any atom is -0.345 e. The third-order valence-corrected chi connectivity index (χ3v) is 5.95. The first kappa shape index (κ1) is 25.8. The fourth-order valence-electron chi connectivity index (χ4n) is 3.30. The second-order valence-corrected chi connectivity index (χ2v) is 8.83. The molecule has 2 heterocycles. The smallest absolute Gasteiger partial charge is 0.345 e. The Labute approximate surface area is 212 Å². The van der Waals surface area contributed by atoms with E-state index in [4.69, 9.17) is 0 Å². The Morgan fingerprint density at radius 2 is 1.76 bits per heavy atom. The fourth-order valence-corrected chi connectivity index (χ4v) is 3.86. The van der Waals surface area contributed by atoms with Crippen molar-refractivity contribution in [2.45, 2.75) is 19.6 Å². The Bertz CT molecular complexity index is 1440. The summed E-state index contributed by atoms with van der Waals surface area (Å²) in [5.74, 6) is -2.61. The number of halogens is 4. The number of aromatic nitrogens is 2. The summed E-state index contributed by atoms with van der Waals surface area (Å²) in [5, 5.41) is 10.6. The van der Waals surface area contributed by atoms with Gasteiger partial charge in [0.2, 0.25) is 0 Å².